The molecule has 0 aromatic heterocycles. The van der Waals surface area contributed by atoms with Crippen LogP contribution in [-0.4, -0.2) is 25.0 Å². The summed E-state index contributed by atoms with van der Waals surface area (Å²) < 4.78 is 0. The minimum Gasteiger partial charge on any atom is -0.306 e. The summed E-state index contributed by atoms with van der Waals surface area (Å²) >= 11 is 0. The Kier molecular flexibility index (Phi) is 3.33. The van der Waals surface area contributed by atoms with Gasteiger partial charge in [0.25, 0.3) is 0 Å². The van der Waals surface area contributed by atoms with Gasteiger partial charge in [-0.3, -0.25) is 0 Å². The standard InChI is InChI=1S/C11H21N/c1-9(2)10-7-5-6-8-11(10)12(3)4/h5-6,9-11H,7-8H2,1-4H3. The summed E-state index contributed by atoms with van der Waals surface area (Å²) in [5, 5.41) is 0. The van der Waals surface area contributed by atoms with Crippen molar-refractivity contribution >= 4 is 0 Å². The molecule has 0 saturated heterocycles. The van der Waals surface area contributed by atoms with Crippen LogP contribution in [0.1, 0.15) is 26.7 Å². The van der Waals surface area contributed by atoms with Crippen molar-refractivity contribution in [1.82, 2.24) is 4.90 Å². The van der Waals surface area contributed by atoms with E-state index in [1.807, 2.05) is 0 Å². The van der Waals surface area contributed by atoms with Crippen LogP contribution in [0.3, 0.4) is 0 Å². The monoisotopic (exact) mass is 167 g/mol. The Hall–Kier alpha value is -0.300. The Bertz CT molecular complexity index is 140. The van der Waals surface area contributed by atoms with Gasteiger partial charge in [0.2, 0.25) is 0 Å². The molecule has 0 fully saturated rings. The van der Waals surface area contributed by atoms with Gasteiger partial charge in [0.05, 0.1) is 0 Å². The van der Waals surface area contributed by atoms with E-state index < -0.39 is 0 Å². The molecule has 1 aliphatic carbocycles. The first kappa shape index (κ1) is 9.79. The van der Waals surface area contributed by atoms with Crippen LogP contribution in [0.15, 0.2) is 12.2 Å². The Labute approximate surface area is 76.5 Å². The van der Waals surface area contributed by atoms with Crippen LogP contribution in [0, 0.1) is 11.8 Å². The summed E-state index contributed by atoms with van der Waals surface area (Å²) in [5.41, 5.74) is 0. The molecule has 2 atom stereocenters. The van der Waals surface area contributed by atoms with Gasteiger partial charge in [-0.2, -0.15) is 0 Å². The van der Waals surface area contributed by atoms with Crippen LogP contribution in [0.4, 0.5) is 0 Å². The van der Waals surface area contributed by atoms with Crippen LogP contribution in [0.2, 0.25) is 0 Å². The molecule has 1 rings (SSSR count). The van der Waals surface area contributed by atoms with Gasteiger partial charge in [-0.1, -0.05) is 26.0 Å². The molecule has 0 bridgehead atoms. The quantitative estimate of drug-likeness (QED) is 0.571. The second-order valence-corrected chi connectivity index (χ2v) is 4.38. The third-order valence-electron chi connectivity index (χ3n) is 2.97. The lowest BCUT2D eigenvalue weighted by Gasteiger charge is -2.36. The van der Waals surface area contributed by atoms with Crippen LogP contribution < -0.4 is 0 Å². The third kappa shape index (κ3) is 2.10. The molecule has 2 unspecified atom stereocenters. The number of allylic oxidation sites excluding steroid dienone is 1. The summed E-state index contributed by atoms with van der Waals surface area (Å²) in [6, 6.07) is 0.759. The van der Waals surface area contributed by atoms with Crippen LogP contribution >= 0.6 is 0 Å². The highest BCUT2D eigenvalue weighted by Gasteiger charge is 2.26. The highest BCUT2D eigenvalue weighted by atomic mass is 15.1. The molecular weight excluding hydrogens is 146 g/mol. The van der Waals surface area contributed by atoms with Crippen LogP contribution in [-0.2, 0) is 0 Å². The van der Waals surface area contributed by atoms with E-state index in [1.54, 1.807) is 0 Å². The maximum Gasteiger partial charge on any atom is 0.0157 e. The molecule has 0 aromatic rings. The normalized spacial score (nSPS) is 30.2. The van der Waals surface area contributed by atoms with Gasteiger partial charge in [0.1, 0.15) is 0 Å². The molecule has 0 radical (unpaired) electrons. The molecule has 1 heteroatoms. The van der Waals surface area contributed by atoms with E-state index in [4.69, 9.17) is 0 Å². The van der Waals surface area contributed by atoms with Gasteiger partial charge in [-0.15, -0.1) is 0 Å². The fourth-order valence-electron chi connectivity index (χ4n) is 2.13. The average Bonchev–Trinajstić information content (AvgIpc) is 2.04. The molecule has 1 nitrogen and oxygen atoms in total. The van der Waals surface area contributed by atoms with Crippen molar-refractivity contribution in [2.75, 3.05) is 14.1 Å². The van der Waals surface area contributed by atoms with Crippen molar-refractivity contribution in [3.05, 3.63) is 12.2 Å². The van der Waals surface area contributed by atoms with Crippen molar-refractivity contribution in [1.29, 1.82) is 0 Å². The third-order valence-corrected chi connectivity index (χ3v) is 2.97. The van der Waals surface area contributed by atoms with Crippen LogP contribution in [0.25, 0.3) is 0 Å². The minimum absolute atomic E-state index is 0.759. The van der Waals surface area contributed by atoms with E-state index in [0.717, 1.165) is 17.9 Å². The molecule has 12 heavy (non-hydrogen) atoms. The molecule has 0 aromatic carbocycles. The largest absolute Gasteiger partial charge is 0.306 e. The van der Waals surface area contributed by atoms with E-state index in [-0.39, 0.29) is 0 Å². The first-order valence-corrected chi connectivity index (χ1v) is 4.94. The predicted octanol–water partition coefficient (Wildman–Crippen LogP) is 2.54. The minimum atomic E-state index is 0.759. The zero-order valence-electron chi connectivity index (χ0n) is 8.75. The molecule has 70 valence electrons. The molecule has 0 saturated carbocycles. The van der Waals surface area contributed by atoms with Gasteiger partial charge in [-0.25, -0.2) is 0 Å². The van der Waals surface area contributed by atoms with E-state index in [1.165, 1.54) is 12.8 Å². The Balaban J connectivity index is 2.63. The zero-order chi connectivity index (χ0) is 9.14. The molecule has 1 aliphatic rings. The first-order valence-electron chi connectivity index (χ1n) is 4.94. The molecule has 0 spiro atoms. The van der Waals surface area contributed by atoms with E-state index in [0.29, 0.717) is 0 Å². The zero-order valence-corrected chi connectivity index (χ0v) is 8.75. The number of rotatable bonds is 2. The molecule has 0 heterocycles. The Morgan fingerprint density at radius 2 is 1.75 bits per heavy atom. The lowest BCUT2D eigenvalue weighted by atomic mass is 9.80. The fraction of sp³-hybridized carbons (Fsp3) is 0.818. The van der Waals surface area contributed by atoms with Crippen molar-refractivity contribution < 1.29 is 0 Å². The number of nitrogens with zero attached hydrogens (tertiary/aromatic N) is 1. The maximum absolute atomic E-state index is 2.37. The summed E-state index contributed by atoms with van der Waals surface area (Å²) in [6.45, 7) is 4.67. The Morgan fingerprint density at radius 1 is 1.17 bits per heavy atom. The first-order chi connectivity index (χ1) is 5.63. The SMILES string of the molecule is CC(C)C1CC=CCC1N(C)C. The summed E-state index contributed by atoms with van der Waals surface area (Å²) in [5.74, 6) is 1.66. The molecular formula is C11H21N. The lowest BCUT2D eigenvalue weighted by Crippen LogP contribution is -2.38. The van der Waals surface area contributed by atoms with Crippen molar-refractivity contribution in [3.8, 4) is 0 Å². The fourth-order valence-corrected chi connectivity index (χ4v) is 2.13. The smallest absolute Gasteiger partial charge is 0.0157 e. The molecule has 0 amide bonds. The predicted molar refractivity (Wildman–Crippen MR) is 54.2 cm³/mol. The second kappa shape index (κ2) is 4.08. The average molecular weight is 167 g/mol. The van der Waals surface area contributed by atoms with Crippen molar-refractivity contribution in [3.63, 3.8) is 0 Å². The highest BCUT2D eigenvalue weighted by molar-refractivity contribution is 4.98. The summed E-state index contributed by atoms with van der Waals surface area (Å²) in [4.78, 5) is 2.37. The van der Waals surface area contributed by atoms with Gasteiger partial charge in [-0.05, 0) is 38.8 Å². The van der Waals surface area contributed by atoms with E-state index in [2.05, 4.69) is 45.0 Å². The topological polar surface area (TPSA) is 3.24 Å². The maximum atomic E-state index is 2.37. The lowest BCUT2D eigenvalue weighted by molar-refractivity contribution is 0.165. The van der Waals surface area contributed by atoms with Gasteiger partial charge >= 0.3 is 0 Å². The number of hydrogen-bond donors (Lipinski definition) is 0. The van der Waals surface area contributed by atoms with Gasteiger partial charge in [0.15, 0.2) is 0 Å². The number of hydrogen-bond acceptors (Lipinski definition) is 1. The molecule has 0 N–H and O–H groups in total. The summed E-state index contributed by atoms with van der Waals surface area (Å²) in [6.07, 6.45) is 7.16. The summed E-state index contributed by atoms with van der Waals surface area (Å²) in [7, 11) is 4.39. The van der Waals surface area contributed by atoms with E-state index >= 15 is 0 Å². The van der Waals surface area contributed by atoms with Crippen molar-refractivity contribution in [2.45, 2.75) is 32.7 Å². The second-order valence-electron chi connectivity index (χ2n) is 4.38. The van der Waals surface area contributed by atoms with Crippen LogP contribution in [0.5, 0.6) is 0 Å². The molecule has 0 aliphatic heterocycles. The highest BCUT2D eigenvalue weighted by Crippen LogP contribution is 2.28. The Morgan fingerprint density at radius 3 is 2.17 bits per heavy atom. The van der Waals surface area contributed by atoms with Crippen molar-refractivity contribution in [2.24, 2.45) is 11.8 Å². The van der Waals surface area contributed by atoms with E-state index in [9.17, 15) is 0 Å². The van der Waals surface area contributed by atoms with Gasteiger partial charge < -0.3 is 4.90 Å². The van der Waals surface area contributed by atoms with Gasteiger partial charge in [0, 0.05) is 6.04 Å².